The van der Waals surface area contributed by atoms with E-state index >= 15 is 0 Å². The molecule has 84 valence electrons. The Morgan fingerprint density at radius 1 is 1.50 bits per heavy atom. The highest BCUT2D eigenvalue weighted by atomic mass is 35.5. The summed E-state index contributed by atoms with van der Waals surface area (Å²) in [6, 6.07) is 4.22. The second-order valence-electron chi connectivity index (χ2n) is 3.35. The van der Waals surface area contributed by atoms with E-state index in [-0.39, 0.29) is 6.42 Å². The van der Waals surface area contributed by atoms with Crippen molar-refractivity contribution in [3.05, 3.63) is 46.5 Å². The number of aliphatic hydroxyl groups is 1. The normalized spacial score (nSPS) is 12.7. The van der Waals surface area contributed by atoms with E-state index in [9.17, 15) is 9.50 Å². The molecule has 0 aliphatic carbocycles. The number of aromatic nitrogens is 3. The molecule has 2 aromatic rings. The molecule has 1 heterocycles. The summed E-state index contributed by atoms with van der Waals surface area (Å²) in [5, 5.41) is 19.9. The Kier molecular flexibility index (Phi) is 3.17. The Hall–Kier alpha value is -1.46. The summed E-state index contributed by atoms with van der Waals surface area (Å²) >= 11 is 5.74. The highest BCUT2D eigenvalue weighted by Crippen LogP contribution is 2.20. The van der Waals surface area contributed by atoms with Crippen LogP contribution in [0.1, 0.15) is 17.4 Å². The third-order valence-electron chi connectivity index (χ3n) is 2.20. The summed E-state index contributed by atoms with van der Waals surface area (Å²) in [7, 11) is 0. The molecular weight excluding hydrogens is 233 g/mol. The average molecular weight is 242 g/mol. The van der Waals surface area contributed by atoms with Crippen LogP contribution >= 0.6 is 11.6 Å². The number of aliphatic hydroxyl groups excluding tert-OH is 1. The summed E-state index contributed by atoms with van der Waals surface area (Å²) in [4.78, 5) is 0. The van der Waals surface area contributed by atoms with E-state index < -0.39 is 11.9 Å². The molecule has 0 amide bonds. The Morgan fingerprint density at radius 3 is 3.00 bits per heavy atom. The first-order chi connectivity index (χ1) is 7.66. The van der Waals surface area contributed by atoms with Crippen molar-refractivity contribution in [3.8, 4) is 0 Å². The summed E-state index contributed by atoms with van der Waals surface area (Å²) in [5.41, 5.74) is 0.724. The van der Waals surface area contributed by atoms with Crippen LogP contribution in [0.5, 0.6) is 0 Å². The van der Waals surface area contributed by atoms with Gasteiger partial charge in [-0.1, -0.05) is 11.6 Å². The number of rotatable bonds is 3. The van der Waals surface area contributed by atoms with Gasteiger partial charge < -0.3 is 5.11 Å². The zero-order chi connectivity index (χ0) is 11.5. The van der Waals surface area contributed by atoms with Crippen molar-refractivity contribution in [3.63, 3.8) is 0 Å². The lowest BCUT2D eigenvalue weighted by atomic mass is 10.1. The Bertz CT molecular complexity index is 475. The van der Waals surface area contributed by atoms with Gasteiger partial charge in [0.15, 0.2) is 0 Å². The summed E-state index contributed by atoms with van der Waals surface area (Å²) in [5.74, 6) is -0.396. The van der Waals surface area contributed by atoms with Gasteiger partial charge in [0.25, 0.3) is 0 Å². The van der Waals surface area contributed by atoms with Crippen LogP contribution in [0.4, 0.5) is 4.39 Å². The molecule has 0 spiro atoms. The molecule has 0 saturated heterocycles. The predicted molar refractivity (Wildman–Crippen MR) is 56.5 cm³/mol. The van der Waals surface area contributed by atoms with Gasteiger partial charge in [-0.15, -0.1) is 0 Å². The number of halogens is 2. The second-order valence-corrected chi connectivity index (χ2v) is 3.79. The fourth-order valence-corrected chi connectivity index (χ4v) is 1.58. The molecule has 1 unspecified atom stereocenters. The first-order valence-electron chi connectivity index (χ1n) is 4.64. The number of H-pyrrole nitrogens is 1. The maximum Gasteiger partial charge on any atom is 0.126 e. The van der Waals surface area contributed by atoms with E-state index in [4.69, 9.17) is 11.6 Å². The smallest absolute Gasteiger partial charge is 0.126 e. The van der Waals surface area contributed by atoms with Crippen LogP contribution in [0.25, 0.3) is 0 Å². The van der Waals surface area contributed by atoms with Crippen molar-refractivity contribution >= 4 is 11.6 Å². The first kappa shape index (κ1) is 11.0. The topological polar surface area (TPSA) is 61.8 Å². The number of nitrogens with one attached hydrogen (secondary N) is 1. The molecule has 1 atom stereocenters. The number of benzene rings is 1. The van der Waals surface area contributed by atoms with Crippen LogP contribution in [-0.4, -0.2) is 20.5 Å². The van der Waals surface area contributed by atoms with Gasteiger partial charge in [-0.05, 0) is 23.8 Å². The molecule has 0 bridgehead atoms. The van der Waals surface area contributed by atoms with Gasteiger partial charge >= 0.3 is 0 Å². The number of hydrogen-bond donors (Lipinski definition) is 2. The first-order valence-corrected chi connectivity index (χ1v) is 5.02. The van der Waals surface area contributed by atoms with Gasteiger partial charge in [0.1, 0.15) is 17.6 Å². The summed E-state index contributed by atoms with van der Waals surface area (Å²) in [6.07, 6.45) is 0.609. The van der Waals surface area contributed by atoms with Gasteiger partial charge in [-0.2, -0.15) is 15.4 Å². The van der Waals surface area contributed by atoms with Crippen LogP contribution in [0.3, 0.4) is 0 Å². The Balaban J connectivity index is 2.17. The molecule has 16 heavy (non-hydrogen) atoms. The Morgan fingerprint density at radius 2 is 2.31 bits per heavy atom. The lowest BCUT2D eigenvalue weighted by Gasteiger charge is -2.08. The van der Waals surface area contributed by atoms with Crippen LogP contribution in [0, 0.1) is 5.82 Å². The monoisotopic (exact) mass is 241 g/mol. The largest absolute Gasteiger partial charge is 0.386 e. The third kappa shape index (κ3) is 2.37. The van der Waals surface area contributed by atoms with E-state index in [2.05, 4.69) is 15.4 Å². The van der Waals surface area contributed by atoms with E-state index in [1.54, 1.807) is 0 Å². The lowest BCUT2D eigenvalue weighted by Crippen LogP contribution is -2.04. The maximum absolute atomic E-state index is 13.4. The molecule has 6 heteroatoms. The average Bonchev–Trinajstić information content (AvgIpc) is 2.76. The van der Waals surface area contributed by atoms with Crippen LogP contribution in [0.2, 0.25) is 5.02 Å². The van der Waals surface area contributed by atoms with Crippen molar-refractivity contribution < 1.29 is 9.50 Å². The van der Waals surface area contributed by atoms with E-state index in [0.717, 1.165) is 0 Å². The molecule has 1 aromatic heterocycles. The third-order valence-corrected chi connectivity index (χ3v) is 2.43. The van der Waals surface area contributed by atoms with Gasteiger partial charge in [0, 0.05) is 11.4 Å². The maximum atomic E-state index is 13.4. The zero-order valence-corrected chi connectivity index (χ0v) is 8.95. The number of hydrogen-bond acceptors (Lipinski definition) is 3. The SMILES string of the molecule is OC(Cc1cc(Cl)ccc1F)c1cn[nH]n1. The van der Waals surface area contributed by atoms with Gasteiger partial charge in [0.2, 0.25) is 0 Å². The van der Waals surface area contributed by atoms with Gasteiger partial charge in [-0.25, -0.2) is 4.39 Å². The molecule has 0 aliphatic rings. The quantitative estimate of drug-likeness (QED) is 0.863. The molecule has 0 aliphatic heterocycles. The van der Waals surface area contributed by atoms with Crippen molar-refractivity contribution in [2.24, 2.45) is 0 Å². The summed E-state index contributed by atoms with van der Waals surface area (Å²) < 4.78 is 13.4. The predicted octanol–water partition coefficient (Wildman–Crippen LogP) is 1.87. The highest BCUT2D eigenvalue weighted by Gasteiger charge is 2.14. The molecule has 1 aromatic carbocycles. The lowest BCUT2D eigenvalue weighted by molar-refractivity contribution is 0.172. The molecule has 4 nitrogen and oxygen atoms in total. The van der Waals surface area contributed by atoms with Crippen LogP contribution in [0.15, 0.2) is 24.4 Å². The van der Waals surface area contributed by atoms with Crippen molar-refractivity contribution in [2.45, 2.75) is 12.5 Å². The highest BCUT2D eigenvalue weighted by molar-refractivity contribution is 6.30. The molecule has 2 rings (SSSR count). The Labute approximate surface area is 96.1 Å². The molecule has 0 fully saturated rings. The zero-order valence-electron chi connectivity index (χ0n) is 8.19. The minimum absolute atomic E-state index is 0.110. The fourth-order valence-electron chi connectivity index (χ4n) is 1.38. The fraction of sp³-hybridized carbons (Fsp3) is 0.200. The minimum Gasteiger partial charge on any atom is -0.386 e. The molecule has 0 saturated carbocycles. The van der Waals surface area contributed by atoms with Crippen LogP contribution < -0.4 is 0 Å². The van der Waals surface area contributed by atoms with E-state index in [0.29, 0.717) is 16.3 Å². The van der Waals surface area contributed by atoms with Crippen molar-refractivity contribution in [1.82, 2.24) is 15.4 Å². The standard InChI is InChI=1S/C10H9ClFN3O/c11-7-1-2-8(12)6(3-7)4-10(16)9-5-13-15-14-9/h1-3,5,10,16H,4H2,(H,13,14,15). The van der Waals surface area contributed by atoms with Crippen molar-refractivity contribution in [1.29, 1.82) is 0 Å². The van der Waals surface area contributed by atoms with Gasteiger partial charge in [-0.3, -0.25) is 0 Å². The molecule has 2 N–H and O–H groups in total. The van der Waals surface area contributed by atoms with E-state index in [1.807, 2.05) is 0 Å². The minimum atomic E-state index is -0.897. The van der Waals surface area contributed by atoms with Crippen LogP contribution in [-0.2, 0) is 6.42 Å². The van der Waals surface area contributed by atoms with Gasteiger partial charge in [0.05, 0.1) is 6.20 Å². The number of nitrogens with zero attached hydrogens (tertiary/aromatic N) is 2. The van der Waals surface area contributed by atoms with Crippen molar-refractivity contribution in [2.75, 3.05) is 0 Å². The number of aromatic amines is 1. The second kappa shape index (κ2) is 4.59. The van der Waals surface area contributed by atoms with E-state index in [1.165, 1.54) is 24.4 Å². The molecule has 0 radical (unpaired) electrons. The molecular formula is C10H9ClFN3O. The summed E-state index contributed by atoms with van der Waals surface area (Å²) in [6.45, 7) is 0.